The van der Waals surface area contributed by atoms with Crippen LogP contribution in [0, 0.1) is 0 Å². The molecule has 7 nitrogen and oxygen atoms in total. The number of likely N-dealkylation sites (tertiary alicyclic amines) is 1. The Kier molecular flexibility index (Phi) is 5.33. The monoisotopic (exact) mass is 410 g/mol. The zero-order valence-corrected chi connectivity index (χ0v) is 17.4. The maximum atomic E-state index is 12.9. The highest BCUT2D eigenvalue weighted by molar-refractivity contribution is 6.05. The van der Waals surface area contributed by atoms with E-state index in [9.17, 15) is 14.4 Å². The van der Waals surface area contributed by atoms with Crippen molar-refractivity contribution in [3.8, 4) is 0 Å². The van der Waals surface area contributed by atoms with Crippen LogP contribution in [0.25, 0.3) is 0 Å². The average Bonchev–Trinajstić information content (AvgIpc) is 3.37. The zero-order chi connectivity index (χ0) is 20.7. The maximum absolute atomic E-state index is 12.9. The minimum absolute atomic E-state index is 0.1000. The Morgan fingerprint density at radius 1 is 1.03 bits per heavy atom. The number of nitrogens with zero attached hydrogens (tertiary/aromatic N) is 2. The first-order chi connectivity index (χ1) is 14.6. The summed E-state index contributed by atoms with van der Waals surface area (Å²) in [7, 11) is 0. The number of hydrogen-bond donors (Lipinski definition) is 2. The molecule has 0 bridgehead atoms. The van der Waals surface area contributed by atoms with Gasteiger partial charge < -0.3 is 10.2 Å². The van der Waals surface area contributed by atoms with Gasteiger partial charge >= 0.3 is 0 Å². The summed E-state index contributed by atoms with van der Waals surface area (Å²) in [4.78, 5) is 40.8. The van der Waals surface area contributed by atoms with Gasteiger partial charge in [0.05, 0.1) is 0 Å². The predicted octanol–water partition coefficient (Wildman–Crippen LogP) is 1.55. The molecule has 0 aliphatic carbocycles. The van der Waals surface area contributed by atoms with Gasteiger partial charge in [0.1, 0.15) is 6.04 Å². The van der Waals surface area contributed by atoms with Crippen molar-refractivity contribution >= 4 is 17.7 Å². The normalized spacial score (nSPS) is 29.9. The van der Waals surface area contributed by atoms with Crippen molar-refractivity contribution in [1.29, 1.82) is 0 Å². The zero-order valence-electron chi connectivity index (χ0n) is 17.4. The molecule has 0 aromatic heterocycles. The van der Waals surface area contributed by atoms with Gasteiger partial charge in [-0.15, -0.1) is 0 Å². The number of benzene rings is 1. The van der Waals surface area contributed by atoms with Crippen molar-refractivity contribution < 1.29 is 14.4 Å². The number of piperidine rings is 2. The van der Waals surface area contributed by atoms with Crippen LogP contribution in [-0.2, 0) is 22.7 Å². The van der Waals surface area contributed by atoms with Crippen LogP contribution >= 0.6 is 0 Å². The molecule has 7 heteroatoms. The lowest BCUT2D eigenvalue weighted by atomic mass is 9.93. The number of rotatable bonds is 4. The van der Waals surface area contributed by atoms with E-state index in [2.05, 4.69) is 27.7 Å². The fraction of sp³-hybridized carbons (Fsp3) is 0.609. The molecule has 30 heavy (non-hydrogen) atoms. The van der Waals surface area contributed by atoms with Gasteiger partial charge in [0.25, 0.3) is 5.91 Å². The molecule has 3 fully saturated rings. The van der Waals surface area contributed by atoms with Crippen LogP contribution in [0.1, 0.15) is 66.4 Å². The van der Waals surface area contributed by atoms with Crippen molar-refractivity contribution in [2.45, 2.75) is 76.2 Å². The fourth-order valence-electron chi connectivity index (χ4n) is 5.67. The van der Waals surface area contributed by atoms with Gasteiger partial charge in [0.2, 0.25) is 11.8 Å². The third-order valence-electron chi connectivity index (χ3n) is 7.20. The molecule has 0 spiro atoms. The largest absolute Gasteiger partial charge is 0.322 e. The van der Waals surface area contributed by atoms with E-state index in [1.807, 2.05) is 6.07 Å². The van der Waals surface area contributed by atoms with Crippen molar-refractivity contribution in [3.05, 3.63) is 34.9 Å². The van der Waals surface area contributed by atoms with Crippen LogP contribution in [0.4, 0.5) is 0 Å². The van der Waals surface area contributed by atoms with Crippen molar-refractivity contribution in [2.24, 2.45) is 0 Å². The third kappa shape index (κ3) is 3.65. The standard InChI is InChI=1S/C23H30N4O3/c28-21-9-8-20(22(29)25-21)27-14-16-12-15(6-7-17(16)23(27)30)13-26-11-2-1-5-19(26)18-4-3-10-24-18/h6-7,12,18-20,24H,1-5,8-11,13-14H2,(H,25,28,29). The Morgan fingerprint density at radius 2 is 1.93 bits per heavy atom. The Labute approximate surface area is 177 Å². The first-order valence-electron chi connectivity index (χ1n) is 11.3. The van der Waals surface area contributed by atoms with Crippen molar-refractivity contribution in [2.75, 3.05) is 13.1 Å². The lowest BCUT2D eigenvalue weighted by molar-refractivity contribution is -0.136. The molecule has 3 atom stereocenters. The highest BCUT2D eigenvalue weighted by Crippen LogP contribution is 2.30. The van der Waals surface area contributed by atoms with E-state index in [1.165, 1.54) is 37.7 Å². The summed E-state index contributed by atoms with van der Waals surface area (Å²) < 4.78 is 0. The van der Waals surface area contributed by atoms with Gasteiger partial charge in [-0.25, -0.2) is 0 Å². The van der Waals surface area contributed by atoms with Gasteiger partial charge in [-0.1, -0.05) is 18.6 Å². The SMILES string of the molecule is O=C1CCC(N2Cc3cc(CN4CCCCC4C4CCCN4)ccc3C2=O)C(=O)N1. The second-order valence-electron chi connectivity index (χ2n) is 9.13. The van der Waals surface area contributed by atoms with E-state index in [-0.39, 0.29) is 24.1 Å². The Morgan fingerprint density at radius 3 is 2.73 bits per heavy atom. The molecular weight excluding hydrogens is 380 g/mol. The minimum Gasteiger partial charge on any atom is -0.322 e. The highest BCUT2D eigenvalue weighted by atomic mass is 16.2. The molecule has 0 saturated carbocycles. The number of nitrogens with one attached hydrogen (secondary N) is 2. The van der Waals surface area contributed by atoms with Gasteiger partial charge in [0.15, 0.2) is 0 Å². The molecule has 1 aromatic carbocycles. The second-order valence-corrected chi connectivity index (χ2v) is 9.13. The second kappa shape index (κ2) is 8.12. The smallest absolute Gasteiger partial charge is 0.255 e. The summed E-state index contributed by atoms with van der Waals surface area (Å²) in [6, 6.07) is 6.78. The van der Waals surface area contributed by atoms with Crippen LogP contribution in [0.3, 0.4) is 0 Å². The molecule has 5 rings (SSSR count). The predicted molar refractivity (Wildman–Crippen MR) is 112 cm³/mol. The van der Waals surface area contributed by atoms with Gasteiger partial charge in [-0.2, -0.15) is 0 Å². The summed E-state index contributed by atoms with van der Waals surface area (Å²) in [6.45, 7) is 3.61. The first-order valence-corrected chi connectivity index (χ1v) is 11.3. The number of carbonyl (C=O) groups is 3. The molecule has 160 valence electrons. The van der Waals surface area contributed by atoms with Crippen molar-refractivity contribution in [3.63, 3.8) is 0 Å². The van der Waals surface area contributed by atoms with Crippen LogP contribution in [0.5, 0.6) is 0 Å². The van der Waals surface area contributed by atoms with Gasteiger partial charge in [-0.05, 0) is 62.4 Å². The number of amides is 3. The van der Waals surface area contributed by atoms with Crippen LogP contribution in [0.2, 0.25) is 0 Å². The molecule has 4 aliphatic heterocycles. The average molecular weight is 411 g/mol. The van der Waals surface area contributed by atoms with Gasteiger partial charge in [-0.3, -0.25) is 24.6 Å². The highest BCUT2D eigenvalue weighted by Gasteiger charge is 2.39. The summed E-state index contributed by atoms with van der Waals surface area (Å²) in [5.74, 6) is -0.708. The Bertz CT molecular complexity index is 864. The minimum atomic E-state index is -0.550. The summed E-state index contributed by atoms with van der Waals surface area (Å²) in [5, 5.41) is 6.05. The van der Waals surface area contributed by atoms with Crippen LogP contribution in [-0.4, -0.2) is 58.7 Å². The lowest BCUT2D eigenvalue weighted by Crippen LogP contribution is -2.52. The molecule has 0 radical (unpaired) electrons. The molecule has 3 unspecified atom stereocenters. The first kappa shape index (κ1) is 19.7. The van der Waals surface area contributed by atoms with E-state index in [0.717, 1.165) is 25.2 Å². The molecular formula is C23H30N4O3. The quantitative estimate of drug-likeness (QED) is 0.736. The van der Waals surface area contributed by atoms with Gasteiger partial charge in [0, 0.05) is 37.2 Å². The summed E-state index contributed by atoms with van der Waals surface area (Å²) in [5.41, 5.74) is 2.92. The van der Waals surface area contributed by atoms with Crippen molar-refractivity contribution in [1.82, 2.24) is 20.4 Å². The Hall–Kier alpha value is -2.25. The molecule has 4 aliphatic rings. The lowest BCUT2D eigenvalue weighted by Gasteiger charge is -2.39. The number of carbonyl (C=O) groups excluding carboxylic acids is 3. The molecule has 3 saturated heterocycles. The van der Waals surface area contributed by atoms with E-state index < -0.39 is 6.04 Å². The van der Waals surface area contributed by atoms with Crippen LogP contribution < -0.4 is 10.6 Å². The molecule has 2 N–H and O–H groups in total. The number of fused-ring (bicyclic) bond motifs is 1. The van der Waals surface area contributed by atoms with E-state index in [4.69, 9.17) is 0 Å². The fourth-order valence-corrected chi connectivity index (χ4v) is 5.67. The third-order valence-corrected chi connectivity index (χ3v) is 7.20. The summed E-state index contributed by atoms with van der Waals surface area (Å²) >= 11 is 0. The number of imide groups is 1. The molecule has 3 amide bonds. The molecule has 1 aromatic rings. The molecule has 4 heterocycles. The number of hydrogen-bond acceptors (Lipinski definition) is 5. The van der Waals surface area contributed by atoms with E-state index in [1.54, 1.807) is 4.90 Å². The van der Waals surface area contributed by atoms with E-state index in [0.29, 0.717) is 30.6 Å². The Balaban J connectivity index is 1.30. The topological polar surface area (TPSA) is 81.8 Å². The maximum Gasteiger partial charge on any atom is 0.255 e. The van der Waals surface area contributed by atoms with Crippen LogP contribution in [0.15, 0.2) is 18.2 Å². The van der Waals surface area contributed by atoms with E-state index >= 15 is 0 Å². The summed E-state index contributed by atoms with van der Waals surface area (Å²) in [6.07, 6.45) is 7.03.